The van der Waals surface area contributed by atoms with E-state index < -0.39 is 10.0 Å². The van der Waals surface area contributed by atoms with Gasteiger partial charge in [-0.25, -0.2) is 13.4 Å². The number of rotatable bonds is 7. The van der Waals surface area contributed by atoms with Crippen LogP contribution in [0.1, 0.15) is 23.3 Å². The predicted molar refractivity (Wildman–Crippen MR) is 108 cm³/mol. The fourth-order valence-corrected chi connectivity index (χ4v) is 5.90. The lowest BCUT2D eigenvalue weighted by Gasteiger charge is -2.44. The molecule has 28 heavy (non-hydrogen) atoms. The molecule has 7 nitrogen and oxygen atoms in total. The zero-order valence-corrected chi connectivity index (χ0v) is 17.2. The second kappa shape index (κ2) is 8.28. The lowest BCUT2D eigenvalue weighted by atomic mass is 10.1. The third-order valence-corrected chi connectivity index (χ3v) is 7.95. The van der Waals surface area contributed by atoms with Gasteiger partial charge in [0, 0.05) is 31.6 Å². The quantitative estimate of drug-likeness (QED) is 0.682. The Hall–Kier alpha value is -1.81. The molecule has 0 unspecified atom stereocenters. The number of benzene rings is 1. The van der Waals surface area contributed by atoms with Crippen molar-refractivity contribution in [3.63, 3.8) is 0 Å². The highest BCUT2D eigenvalue weighted by atomic mass is 32.2. The molecule has 2 aliphatic heterocycles. The van der Waals surface area contributed by atoms with E-state index >= 15 is 0 Å². The van der Waals surface area contributed by atoms with Crippen molar-refractivity contribution in [3.8, 4) is 0 Å². The zero-order valence-electron chi connectivity index (χ0n) is 15.6. The summed E-state index contributed by atoms with van der Waals surface area (Å²) < 4.78 is 28.1. The summed E-state index contributed by atoms with van der Waals surface area (Å²) >= 11 is 1.38. The van der Waals surface area contributed by atoms with Crippen molar-refractivity contribution >= 4 is 27.3 Å². The summed E-state index contributed by atoms with van der Waals surface area (Å²) in [4.78, 5) is 20.8. The highest BCUT2D eigenvalue weighted by Gasteiger charge is 2.41. The average molecular weight is 421 g/mol. The van der Waals surface area contributed by atoms with Crippen LogP contribution in [-0.4, -0.2) is 78.7 Å². The first-order valence-corrected chi connectivity index (χ1v) is 11.9. The van der Waals surface area contributed by atoms with E-state index in [4.69, 9.17) is 0 Å². The minimum Gasteiger partial charge on any atom is -0.334 e. The van der Waals surface area contributed by atoms with Gasteiger partial charge in [-0.2, -0.15) is 4.31 Å². The largest absolute Gasteiger partial charge is 0.334 e. The Bertz CT molecular complexity index is 891. The van der Waals surface area contributed by atoms with Gasteiger partial charge in [-0.05, 0) is 38.1 Å². The van der Waals surface area contributed by atoms with Crippen molar-refractivity contribution in [2.24, 2.45) is 0 Å². The van der Waals surface area contributed by atoms with Crippen molar-refractivity contribution in [1.82, 2.24) is 19.1 Å². The predicted octanol–water partition coefficient (Wildman–Crippen LogP) is 1.75. The van der Waals surface area contributed by atoms with Gasteiger partial charge in [-0.1, -0.05) is 18.2 Å². The number of carbonyl (C=O) groups is 1. The first kappa shape index (κ1) is 19.5. The first-order chi connectivity index (χ1) is 13.6. The third kappa shape index (κ3) is 3.98. The summed E-state index contributed by atoms with van der Waals surface area (Å²) in [6, 6.07) is 8.36. The molecule has 0 atom stereocenters. The molecule has 0 radical (unpaired) electrons. The molecule has 0 saturated carbocycles. The number of carbonyl (C=O) groups excluding carboxylic acids is 1. The maximum atomic E-state index is 13.3. The highest BCUT2D eigenvalue weighted by molar-refractivity contribution is 7.89. The SMILES string of the molecule is O=C(c1cscn1)N1CC(N(CCN2CCCC2)S(=O)(=O)c2ccccc2)C1. The third-order valence-electron chi connectivity index (χ3n) is 5.39. The van der Waals surface area contributed by atoms with Crippen LogP contribution in [-0.2, 0) is 10.0 Å². The van der Waals surface area contributed by atoms with E-state index in [-0.39, 0.29) is 11.9 Å². The molecule has 2 aromatic rings. The molecule has 9 heteroatoms. The summed E-state index contributed by atoms with van der Waals surface area (Å²) in [6.07, 6.45) is 2.34. The molecule has 1 amide bonds. The van der Waals surface area contributed by atoms with Gasteiger partial charge in [-0.3, -0.25) is 4.79 Å². The maximum Gasteiger partial charge on any atom is 0.273 e. The number of thiazole rings is 1. The van der Waals surface area contributed by atoms with E-state index in [0.29, 0.717) is 30.2 Å². The van der Waals surface area contributed by atoms with Crippen LogP contribution in [0.5, 0.6) is 0 Å². The molecule has 2 saturated heterocycles. The lowest BCUT2D eigenvalue weighted by molar-refractivity contribution is 0.0437. The molecular weight excluding hydrogens is 396 g/mol. The van der Waals surface area contributed by atoms with E-state index in [1.165, 1.54) is 24.2 Å². The number of hydrogen-bond acceptors (Lipinski definition) is 6. The van der Waals surface area contributed by atoms with Gasteiger partial charge in [0.05, 0.1) is 16.4 Å². The van der Waals surface area contributed by atoms with Crippen LogP contribution in [0.2, 0.25) is 0 Å². The topological polar surface area (TPSA) is 73.8 Å². The molecule has 1 aromatic carbocycles. The minimum absolute atomic E-state index is 0.130. The van der Waals surface area contributed by atoms with Gasteiger partial charge < -0.3 is 9.80 Å². The molecule has 2 fully saturated rings. The van der Waals surface area contributed by atoms with Crippen molar-refractivity contribution < 1.29 is 13.2 Å². The van der Waals surface area contributed by atoms with Crippen LogP contribution in [0.4, 0.5) is 0 Å². The van der Waals surface area contributed by atoms with Gasteiger partial charge in [0.15, 0.2) is 0 Å². The molecular formula is C19H24N4O3S2. The van der Waals surface area contributed by atoms with Gasteiger partial charge in [0.1, 0.15) is 5.69 Å². The fraction of sp³-hybridized carbons (Fsp3) is 0.474. The summed E-state index contributed by atoms with van der Waals surface area (Å²) in [5, 5.41) is 1.72. The van der Waals surface area contributed by atoms with Crippen molar-refractivity contribution in [2.45, 2.75) is 23.8 Å². The number of nitrogens with zero attached hydrogens (tertiary/aromatic N) is 4. The molecule has 0 bridgehead atoms. The van der Waals surface area contributed by atoms with Crippen LogP contribution in [0.15, 0.2) is 46.1 Å². The Labute approximate surface area is 169 Å². The second-order valence-electron chi connectivity index (χ2n) is 7.22. The summed E-state index contributed by atoms with van der Waals surface area (Å²) in [5.41, 5.74) is 2.06. The highest BCUT2D eigenvalue weighted by Crippen LogP contribution is 2.25. The molecule has 4 rings (SSSR count). The van der Waals surface area contributed by atoms with E-state index in [1.807, 2.05) is 6.07 Å². The molecule has 0 N–H and O–H groups in total. The Morgan fingerprint density at radius 1 is 1.18 bits per heavy atom. The Morgan fingerprint density at radius 2 is 1.89 bits per heavy atom. The van der Waals surface area contributed by atoms with E-state index in [0.717, 1.165) is 19.6 Å². The monoisotopic (exact) mass is 420 g/mol. The zero-order chi connectivity index (χ0) is 19.6. The molecule has 3 heterocycles. The maximum absolute atomic E-state index is 13.3. The summed E-state index contributed by atoms with van der Waals surface area (Å²) in [7, 11) is -3.60. The number of likely N-dealkylation sites (tertiary alicyclic amines) is 2. The molecule has 0 aliphatic carbocycles. The number of aromatic nitrogens is 1. The van der Waals surface area contributed by atoms with Crippen LogP contribution in [0.25, 0.3) is 0 Å². The van der Waals surface area contributed by atoms with E-state index in [2.05, 4.69) is 9.88 Å². The molecule has 150 valence electrons. The first-order valence-electron chi connectivity index (χ1n) is 9.52. The Balaban J connectivity index is 1.48. The van der Waals surface area contributed by atoms with E-state index in [9.17, 15) is 13.2 Å². The average Bonchev–Trinajstić information content (AvgIpc) is 3.37. The van der Waals surface area contributed by atoms with Crippen LogP contribution >= 0.6 is 11.3 Å². The number of hydrogen-bond donors (Lipinski definition) is 0. The van der Waals surface area contributed by atoms with Gasteiger partial charge >= 0.3 is 0 Å². The summed E-state index contributed by atoms with van der Waals surface area (Å²) in [6.45, 7) is 4.03. The van der Waals surface area contributed by atoms with E-state index in [1.54, 1.807) is 44.4 Å². The van der Waals surface area contributed by atoms with Crippen molar-refractivity contribution in [2.75, 3.05) is 39.3 Å². The minimum atomic E-state index is -3.60. The molecule has 0 spiro atoms. The van der Waals surface area contributed by atoms with Gasteiger partial charge in [0.2, 0.25) is 10.0 Å². The standard InChI is InChI=1S/C19H24N4O3S2/c24-19(18-14-27-15-20-18)22-12-16(13-22)23(11-10-21-8-4-5-9-21)28(25,26)17-6-2-1-3-7-17/h1-3,6-7,14-16H,4-5,8-13H2. The van der Waals surface area contributed by atoms with Crippen molar-refractivity contribution in [3.05, 3.63) is 46.9 Å². The Kier molecular flexibility index (Phi) is 5.77. The smallest absolute Gasteiger partial charge is 0.273 e. The fourth-order valence-electron chi connectivity index (χ4n) is 3.76. The van der Waals surface area contributed by atoms with Gasteiger partial charge in [0.25, 0.3) is 5.91 Å². The van der Waals surface area contributed by atoms with Crippen LogP contribution in [0, 0.1) is 0 Å². The normalized spacial score (nSPS) is 18.5. The lowest BCUT2D eigenvalue weighted by Crippen LogP contribution is -2.63. The number of sulfonamides is 1. The van der Waals surface area contributed by atoms with Crippen LogP contribution < -0.4 is 0 Å². The molecule has 1 aromatic heterocycles. The van der Waals surface area contributed by atoms with Crippen molar-refractivity contribution in [1.29, 1.82) is 0 Å². The Morgan fingerprint density at radius 3 is 2.54 bits per heavy atom. The van der Waals surface area contributed by atoms with Crippen LogP contribution in [0.3, 0.4) is 0 Å². The second-order valence-corrected chi connectivity index (χ2v) is 9.82. The number of amides is 1. The van der Waals surface area contributed by atoms with Gasteiger partial charge in [-0.15, -0.1) is 11.3 Å². The molecule has 2 aliphatic rings. The summed E-state index contributed by atoms with van der Waals surface area (Å²) in [5.74, 6) is -0.130.